The molecule has 2 rings (SSSR count). The van der Waals surface area contributed by atoms with Gasteiger partial charge >= 0.3 is 0 Å². The first kappa shape index (κ1) is 12.3. The minimum Gasteiger partial charge on any atom is -0.380 e. The van der Waals surface area contributed by atoms with Gasteiger partial charge in [-0.2, -0.15) is 0 Å². The number of hydrogen-bond donors (Lipinski definition) is 2. The zero-order chi connectivity index (χ0) is 11.4. The van der Waals surface area contributed by atoms with Crippen LogP contribution in [0.4, 0.5) is 0 Å². The highest BCUT2D eigenvalue weighted by molar-refractivity contribution is 7.90. The van der Waals surface area contributed by atoms with E-state index in [-0.39, 0.29) is 11.3 Å². The van der Waals surface area contributed by atoms with E-state index in [1.165, 1.54) is 0 Å². The summed E-state index contributed by atoms with van der Waals surface area (Å²) in [5.41, 5.74) is 0. The third kappa shape index (κ3) is 3.16. The van der Waals surface area contributed by atoms with E-state index in [1.54, 1.807) is 0 Å². The van der Waals surface area contributed by atoms with Crippen molar-refractivity contribution >= 4 is 10.0 Å². The van der Waals surface area contributed by atoms with E-state index >= 15 is 0 Å². The average molecular weight is 248 g/mol. The Hall–Kier alpha value is -0.170. The zero-order valence-electron chi connectivity index (χ0n) is 9.44. The van der Waals surface area contributed by atoms with Crippen LogP contribution < -0.4 is 10.0 Å². The summed E-state index contributed by atoms with van der Waals surface area (Å²) in [7, 11) is -3.19. The maximum absolute atomic E-state index is 12.0. The zero-order valence-corrected chi connectivity index (χ0v) is 10.3. The molecule has 0 spiro atoms. The second kappa shape index (κ2) is 5.44. The highest BCUT2D eigenvalue weighted by Crippen LogP contribution is 2.15. The molecule has 2 fully saturated rings. The number of rotatable bonds is 3. The quantitative estimate of drug-likeness (QED) is 0.728. The van der Waals surface area contributed by atoms with Gasteiger partial charge in [-0.3, -0.25) is 0 Å². The molecule has 0 aliphatic carbocycles. The number of hydrogen-bond acceptors (Lipinski definition) is 4. The summed E-state index contributed by atoms with van der Waals surface area (Å²) >= 11 is 0. The van der Waals surface area contributed by atoms with Crippen LogP contribution in [0.2, 0.25) is 0 Å². The van der Waals surface area contributed by atoms with Gasteiger partial charge in [0.05, 0.1) is 11.9 Å². The lowest BCUT2D eigenvalue weighted by molar-refractivity contribution is 0.0986. The molecular weight excluding hydrogens is 228 g/mol. The second-order valence-corrected chi connectivity index (χ2v) is 6.52. The summed E-state index contributed by atoms with van der Waals surface area (Å²) in [5, 5.41) is 2.87. The lowest BCUT2D eigenvalue weighted by Gasteiger charge is -2.28. The lowest BCUT2D eigenvalue weighted by Crippen LogP contribution is -2.47. The van der Waals surface area contributed by atoms with Crippen molar-refractivity contribution in [1.82, 2.24) is 10.0 Å². The van der Waals surface area contributed by atoms with Crippen LogP contribution in [0.25, 0.3) is 0 Å². The molecule has 0 aromatic rings. The summed E-state index contributed by atoms with van der Waals surface area (Å²) in [6.45, 7) is 2.84. The van der Waals surface area contributed by atoms with Gasteiger partial charge in [-0.25, -0.2) is 13.1 Å². The molecule has 0 radical (unpaired) electrons. The number of sulfonamides is 1. The van der Waals surface area contributed by atoms with Gasteiger partial charge in [0.25, 0.3) is 0 Å². The summed E-state index contributed by atoms with van der Waals surface area (Å²) in [6.07, 6.45) is 3.33. The van der Waals surface area contributed by atoms with Crippen molar-refractivity contribution in [2.75, 3.05) is 26.3 Å². The molecule has 6 heteroatoms. The van der Waals surface area contributed by atoms with Crippen molar-refractivity contribution < 1.29 is 13.2 Å². The number of ether oxygens (including phenoxy) is 1. The molecule has 2 N–H and O–H groups in total. The Labute approximate surface area is 97.0 Å². The molecule has 0 saturated carbocycles. The van der Waals surface area contributed by atoms with Gasteiger partial charge < -0.3 is 10.1 Å². The van der Waals surface area contributed by atoms with Gasteiger partial charge in [0.1, 0.15) is 0 Å². The Morgan fingerprint density at radius 3 is 2.56 bits per heavy atom. The average Bonchev–Trinajstić information content (AvgIpc) is 2.31. The summed E-state index contributed by atoms with van der Waals surface area (Å²) in [6, 6.07) is 0.105. The molecule has 2 aliphatic rings. The van der Waals surface area contributed by atoms with Crippen LogP contribution in [-0.4, -0.2) is 46.0 Å². The van der Waals surface area contributed by atoms with E-state index in [0.29, 0.717) is 13.2 Å². The minimum atomic E-state index is -3.19. The van der Waals surface area contributed by atoms with E-state index in [2.05, 4.69) is 10.0 Å². The van der Waals surface area contributed by atoms with Gasteiger partial charge in [0.2, 0.25) is 10.0 Å². The highest BCUT2D eigenvalue weighted by atomic mass is 32.2. The molecule has 2 aliphatic heterocycles. The molecule has 0 aromatic heterocycles. The monoisotopic (exact) mass is 248 g/mol. The Morgan fingerprint density at radius 1 is 1.19 bits per heavy atom. The van der Waals surface area contributed by atoms with Crippen LogP contribution in [0.1, 0.15) is 25.7 Å². The van der Waals surface area contributed by atoms with Gasteiger partial charge in [-0.15, -0.1) is 0 Å². The van der Waals surface area contributed by atoms with Crippen LogP contribution >= 0.6 is 0 Å². The summed E-state index contributed by atoms with van der Waals surface area (Å²) in [4.78, 5) is 0. The van der Waals surface area contributed by atoms with Crippen molar-refractivity contribution in [3.05, 3.63) is 0 Å². The highest BCUT2D eigenvalue weighted by Gasteiger charge is 2.30. The fourth-order valence-electron chi connectivity index (χ4n) is 2.22. The molecule has 0 aromatic carbocycles. The maximum atomic E-state index is 12.0. The molecule has 1 atom stereocenters. The third-order valence-electron chi connectivity index (χ3n) is 3.23. The Balaban J connectivity index is 1.90. The first-order chi connectivity index (χ1) is 7.68. The van der Waals surface area contributed by atoms with Crippen LogP contribution in [-0.2, 0) is 14.8 Å². The van der Waals surface area contributed by atoms with Crippen LogP contribution in [0, 0.1) is 0 Å². The van der Waals surface area contributed by atoms with Crippen molar-refractivity contribution in [1.29, 1.82) is 0 Å². The predicted octanol–water partition coefficient (Wildman–Crippen LogP) is -0.163. The van der Waals surface area contributed by atoms with Crippen LogP contribution in [0.5, 0.6) is 0 Å². The topological polar surface area (TPSA) is 67.4 Å². The van der Waals surface area contributed by atoms with Gasteiger partial charge in [-0.05, 0) is 38.8 Å². The molecule has 2 heterocycles. The normalized spacial score (nSPS) is 29.1. The molecule has 0 amide bonds. The number of piperidine rings is 1. The minimum absolute atomic E-state index is 0.105. The largest absolute Gasteiger partial charge is 0.380 e. The summed E-state index contributed by atoms with van der Waals surface area (Å²) < 4.78 is 32.1. The Kier molecular flexibility index (Phi) is 4.18. The Morgan fingerprint density at radius 2 is 1.94 bits per heavy atom. The van der Waals surface area contributed by atoms with Gasteiger partial charge in [-0.1, -0.05) is 0 Å². The smallest absolute Gasteiger partial charge is 0.217 e. The first-order valence-electron chi connectivity index (χ1n) is 5.98. The number of nitrogens with one attached hydrogen (secondary N) is 2. The van der Waals surface area contributed by atoms with Crippen LogP contribution in [0.15, 0.2) is 0 Å². The fourth-order valence-corrected chi connectivity index (χ4v) is 3.87. The standard InChI is InChI=1S/C10H20N2O3S/c13-16(14,10-2-1-7-15-8-10)12-9-3-5-11-6-4-9/h9-12H,1-8H2. The molecule has 1 unspecified atom stereocenters. The van der Waals surface area contributed by atoms with Crippen molar-refractivity contribution in [2.24, 2.45) is 0 Å². The SMILES string of the molecule is O=S(=O)(NC1CCNCC1)C1CCCOC1. The maximum Gasteiger partial charge on any atom is 0.217 e. The van der Waals surface area contributed by atoms with Crippen molar-refractivity contribution in [3.8, 4) is 0 Å². The molecular formula is C10H20N2O3S. The fraction of sp³-hybridized carbons (Fsp3) is 1.00. The third-order valence-corrected chi connectivity index (χ3v) is 5.14. The second-order valence-electron chi connectivity index (χ2n) is 4.53. The van der Waals surface area contributed by atoms with Gasteiger partial charge in [0.15, 0.2) is 0 Å². The Bertz CT molecular complexity index is 306. The molecule has 94 valence electrons. The first-order valence-corrected chi connectivity index (χ1v) is 7.53. The van der Waals surface area contributed by atoms with E-state index < -0.39 is 10.0 Å². The molecule has 16 heavy (non-hydrogen) atoms. The molecule has 5 nitrogen and oxygen atoms in total. The lowest BCUT2D eigenvalue weighted by atomic mass is 10.1. The van der Waals surface area contributed by atoms with E-state index in [9.17, 15) is 8.42 Å². The van der Waals surface area contributed by atoms with E-state index in [1.807, 2.05) is 0 Å². The molecule has 0 bridgehead atoms. The van der Waals surface area contributed by atoms with Crippen molar-refractivity contribution in [3.63, 3.8) is 0 Å². The molecule has 2 saturated heterocycles. The van der Waals surface area contributed by atoms with E-state index in [4.69, 9.17) is 4.74 Å². The predicted molar refractivity (Wildman–Crippen MR) is 61.8 cm³/mol. The van der Waals surface area contributed by atoms with Crippen molar-refractivity contribution in [2.45, 2.75) is 37.0 Å². The van der Waals surface area contributed by atoms with Gasteiger partial charge in [0, 0.05) is 12.6 Å². The summed E-state index contributed by atoms with van der Waals surface area (Å²) in [5.74, 6) is 0. The van der Waals surface area contributed by atoms with Crippen LogP contribution in [0.3, 0.4) is 0 Å². The van der Waals surface area contributed by atoms with E-state index in [0.717, 1.165) is 38.8 Å².